The van der Waals surface area contributed by atoms with Gasteiger partial charge in [-0.25, -0.2) is 13.2 Å². The molecule has 1 heterocycles. The summed E-state index contributed by atoms with van der Waals surface area (Å²) in [6.45, 7) is 4.62. The number of hydrogen-bond donors (Lipinski definition) is 1. The zero-order valence-electron chi connectivity index (χ0n) is 16.3. The van der Waals surface area contributed by atoms with Crippen LogP contribution in [0.25, 0.3) is 0 Å². The van der Waals surface area contributed by atoms with Crippen molar-refractivity contribution >= 4 is 11.7 Å². The van der Waals surface area contributed by atoms with Gasteiger partial charge < -0.3 is 15.5 Å². The first kappa shape index (κ1) is 23.7. The minimum absolute atomic E-state index is 0.0110. The molecule has 166 valence electrons. The molecular formula is C19H22F6N4O. The molecule has 0 bridgehead atoms. The van der Waals surface area contributed by atoms with Crippen LogP contribution >= 0.6 is 0 Å². The van der Waals surface area contributed by atoms with Gasteiger partial charge in [0.1, 0.15) is 17.3 Å². The number of carbonyl (C=O) groups is 1. The third-order valence-corrected chi connectivity index (χ3v) is 4.59. The molecule has 1 aromatic carbocycles. The van der Waals surface area contributed by atoms with Gasteiger partial charge in [0.15, 0.2) is 11.6 Å². The summed E-state index contributed by atoms with van der Waals surface area (Å²) >= 11 is 0. The van der Waals surface area contributed by atoms with Crippen LogP contribution in [-0.2, 0) is 11.2 Å². The van der Waals surface area contributed by atoms with E-state index >= 15 is 0 Å². The van der Waals surface area contributed by atoms with E-state index in [-0.39, 0.29) is 50.4 Å². The number of rotatable bonds is 6. The van der Waals surface area contributed by atoms with Crippen molar-refractivity contribution in [2.45, 2.75) is 32.0 Å². The Bertz CT molecular complexity index is 839. The molecule has 2 rings (SSSR count). The van der Waals surface area contributed by atoms with Gasteiger partial charge in [-0.05, 0) is 25.0 Å². The summed E-state index contributed by atoms with van der Waals surface area (Å²) in [5.41, 5.74) is 4.63. The summed E-state index contributed by atoms with van der Waals surface area (Å²) in [7, 11) is 0. The number of hydrogen-bond acceptors (Lipinski definition) is 3. The van der Waals surface area contributed by atoms with E-state index in [9.17, 15) is 31.1 Å². The predicted molar refractivity (Wildman–Crippen MR) is 99.1 cm³/mol. The molecule has 30 heavy (non-hydrogen) atoms. The second kappa shape index (κ2) is 9.50. The van der Waals surface area contributed by atoms with Crippen LogP contribution in [0.4, 0.5) is 26.3 Å². The summed E-state index contributed by atoms with van der Waals surface area (Å²) in [6.07, 6.45) is -5.09. The van der Waals surface area contributed by atoms with Gasteiger partial charge in [-0.3, -0.25) is 9.79 Å². The summed E-state index contributed by atoms with van der Waals surface area (Å²) in [5, 5.41) is 0. The van der Waals surface area contributed by atoms with E-state index in [2.05, 4.69) is 11.6 Å². The molecule has 11 heteroatoms. The standard InChI is InChI=1S/C19H22F6N4O/c1-3-27-17-10-28(4-5-29(17)11(2)19(23,24)25)18(30)8-13(26)6-12-7-15(21)16(22)9-14(12)20/h7,9,13H,2-6,8,10,26H2,1H3. The van der Waals surface area contributed by atoms with E-state index < -0.39 is 41.3 Å². The predicted octanol–water partition coefficient (Wildman–Crippen LogP) is 3.00. The maximum absolute atomic E-state index is 13.8. The van der Waals surface area contributed by atoms with Gasteiger partial charge in [0, 0.05) is 38.2 Å². The number of piperazine rings is 1. The third kappa shape index (κ3) is 5.74. The molecule has 2 N–H and O–H groups in total. The fraction of sp³-hybridized carbons (Fsp3) is 0.474. The number of halogens is 6. The molecule has 1 aliphatic heterocycles. The number of nitrogens with zero attached hydrogens (tertiary/aromatic N) is 3. The zero-order valence-corrected chi connectivity index (χ0v) is 16.3. The van der Waals surface area contributed by atoms with Crippen molar-refractivity contribution in [2.24, 2.45) is 10.7 Å². The maximum Gasteiger partial charge on any atom is 0.430 e. The van der Waals surface area contributed by atoms with E-state index in [0.717, 1.165) is 4.90 Å². The van der Waals surface area contributed by atoms with Gasteiger partial charge in [-0.15, -0.1) is 0 Å². The van der Waals surface area contributed by atoms with Crippen LogP contribution in [0.2, 0.25) is 0 Å². The Morgan fingerprint density at radius 3 is 2.43 bits per heavy atom. The van der Waals surface area contributed by atoms with Crippen molar-refractivity contribution < 1.29 is 31.1 Å². The zero-order chi connectivity index (χ0) is 22.6. The van der Waals surface area contributed by atoms with Gasteiger partial charge in [0.2, 0.25) is 5.91 Å². The monoisotopic (exact) mass is 436 g/mol. The molecule has 5 nitrogen and oxygen atoms in total. The molecule has 1 aromatic rings. The molecule has 1 aliphatic rings. The Hall–Kier alpha value is -2.56. The SMILES string of the molecule is C=C(N1CCN(C(=O)CC(N)Cc2cc(F)c(F)cc2F)CC1=NCC)C(F)(F)F. The second-order valence-electron chi connectivity index (χ2n) is 6.83. The van der Waals surface area contributed by atoms with Crippen molar-refractivity contribution in [2.75, 3.05) is 26.2 Å². The van der Waals surface area contributed by atoms with E-state index in [1.807, 2.05) is 0 Å². The first-order chi connectivity index (χ1) is 13.9. The number of nitrogens with two attached hydrogens (primary N) is 1. The minimum Gasteiger partial charge on any atom is -0.333 e. The van der Waals surface area contributed by atoms with Crippen LogP contribution < -0.4 is 5.73 Å². The molecule has 1 saturated heterocycles. The van der Waals surface area contributed by atoms with Crippen molar-refractivity contribution in [1.29, 1.82) is 0 Å². The number of alkyl halides is 3. The first-order valence-corrected chi connectivity index (χ1v) is 9.17. The van der Waals surface area contributed by atoms with Crippen molar-refractivity contribution in [3.63, 3.8) is 0 Å². The van der Waals surface area contributed by atoms with Gasteiger partial charge in [0.05, 0.1) is 6.54 Å². The lowest BCUT2D eigenvalue weighted by atomic mass is 10.0. The molecule has 1 amide bonds. The van der Waals surface area contributed by atoms with E-state index in [1.165, 1.54) is 4.90 Å². The number of amides is 1. The largest absolute Gasteiger partial charge is 0.430 e. The molecule has 1 unspecified atom stereocenters. The Labute approximate surface area is 169 Å². The van der Waals surface area contributed by atoms with E-state index in [1.54, 1.807) is 6.92 Å². The smallest absolute Gasteiger partial charge is 0.333 e. The second-order valence-corrected chi connectivity index (χ2v) is 6.83. The fourth-order valence-corrected chi connectivity index (χ4v) is 3.09. The number of carbonyl (C=O) groups excluding carboxylic acids is 1. The number of allylic oxidation sites excluding steroid dienone is 1. The van der Waals surface area contributed by atoms with Crippen LogP contribution in [-0.4, -0.2) is 59.9 Å². The Kier molecular flexibility index (Phi) is 7.51. The van der Waals surface area contributed by atoms with Crippen molar-refractivity contribution in [3.05, 3.63) is 47.4 Å². The first-order valence-electron chi connectivity index (χ1n) is 9.17. The van der Waals surface area contributed by atoms with E-state index in [4.69, 9.17) is 5.73 Å². The Morgan fingerprint density at radius 2 is 1.83 bits per heavy atom. The van der Waals surface area contributed by atoms with Crippen molar-refractivity contribution in [3.8, 4) is 0 Å². The fourth-order valence-electron chi connectivity index (χ4n) is 3.09. The van der Waals surface area contributed by atoms with Crippen LogP contribution in [0, 0.1) is 17.5 Å². The lowest BCUT2D eigenvalue weighted by Crippen LogP contribution is -2.54. The van der Waals surface area contributed by atoms with Gasteiger partial charge in [-0.2, -0.15) is 13.2 Å². The van der Waals surface area contributed by atoms with Crippen LogP contribution in [0.3, 0.4) is 0 Å². The maximum atomic E-state index is 13.8. The molecular weight excluding hydrogens is 414 g/mol. The quantitative estimate of drug-likeness (QED) is 0.551. The summed E-state index contributed by atoms with van der Waals surface area (Å²) in [5.74, 6) is -3.95. The summed E-state index contributed by atoms with van der Waals surface area (Å²) in [4.78, 5) is 18.8. The van der Waals surface area contributed by atoms with Crippen LogP contribution in [0.15, 0.2) is 29.4 Å². The lowest BCUT2D eigenvalue weighted by molar-refractivity contribution is -0.132. The highest BCUT2D eigenvalue weighted by molar-refractivity contribution is 5.91. The minimum atomic E-state index is -4.63. The number of amidine groups is 1. The van der Waals surface area contributed by atoms with Crippen LogP contribution in [0.5, 0.6) is 0 Å². The lowest BCUT2D eigenvalue weighted by Gasteiger charge is -2.38. The van der Waals surface area contributed by atoms with Crippen molar-refractivity contribution in [1.82, 2.24) is 9.80 Å². The normalized spacial score (nSPS) is 17.4. The molecule has 1 atom stereocenters. The van der Waals surface area contributed by atoms with Gasteiger partial charge in [-0.1, -0.05) is 6.58 Å². The third-order valence-electron chi connectivity index (χ3n) is 4.59. The highest BCUT2D eigenvalue weighted by atomic mass is 19.4. The van der Waals surface area contributed by atoms with Gasteiger partial charge >= 0.3 is 6.18 Å². The van der Waals surface area contributed by atoms with E-state index in [0.29, 0.717) is 12.1 Å². The highest BCUT2D eigenvalue weighted by Crippen LogP contribution is 2.28. The summed E-state index contributed by atoms with van der Waals surface area (Å²) < 4.78 is 79.1. The molecule has 0 aromatic heterocycles. The Balaban J connectivity index is 2.03. The van der Waals surface area contributed by atoms with Gasteiger partial charge in [0.25, 0.3) is 0 Å². The highest BCUT2D eigenvalue weighted by Gasteiger charge is 2.39. The molecule has 0 spiro atoms. The average molecular weight is 436 g/mol. The number of benzene rings is 1. The topological polar surface area (TPSA) is 61.9 Å². The molecule has 1 fully saturated rings. The Morgan fingerprint density at radius 1 is 1.20 bits per heavy atom. The molecule has 0 radical (unpaired) electrons. The summed E-state index contributed by atoms with van der Waals surface area (Å²) in [6, 6.07) is 0.189. The number of aliphatic imine (C=N–C) groups is 1. The molecule has 0 saturated carbocycles. The molecule has 0 aliphatic carbocycles. The van der Waals surface area contributed by atoms with Crippen LogP contribution in [0.1, 0.15) is 18.9 Å². The average Bonchev–Trinajstić information content (AvgIpc) is 2.65.